The summed E-state index contributed by atoms with van der Waals surface area (Å²) in [6, 6.07) is 10.2. The van der Waals surface area contributed by atoms with E-state index in [4.69, 9.17) is 4.42 Å². The molecule has 3 heterocycles. The molecule has 3 aromatic heterocycles. The number of aromatic nitrogens is 2. The van der Waals surface area contributed by atoms with Gasteiger partial charge in [0.15, 0.2) is 4.96 Å². The third kappa shape index (κ3) is 3.39. The van der Waals surface area contributed by atoms with E-state index >= 15 is 0 Å². The van der Waals surface area contributed by atoms with E-state index in [-0.39, 0.29) is 11.7 Å². The highest BCUT2D eigenvalue weighted by atomic mass is 32.1. The molecule has 0 saturated heterocycles. The highest BCUT2D eigenvalue weighted by Crippen LogP contribution is 2.26. The number of amides is 1. The van der Waals surface area contributed by atoms with Crippen LogP contribution in [-0.2, 0) is 17.8 Å². The molecular formula is C19H16FN3O2S. The van der Waals surface area contributed by atoms with Crippen LogP contribution in [0.3, 0.4) is 0 Å². The lowest BCUT2D eigenvalue weighted by Gasteiger charge is -2.03. The Morgan fingerprint density at radius 2 is 2.15 bits per heavy atom. The van der Waals surface area contributed by atoms with Crippen molar-refractivity contribution in [1.82, 2.24) is 14.7 Å². The molecule has 0 radical (unpaired) electrons. The number of carbonyl (C=O) groups is 1. The fraction of sp³-hybridized carbons (Fsp3) is 0.158. The summed E-state index contributed by atoms with van der Waals surface area (Å²) in [7, 11) is 0. The van der Waals surface area contributed by atoms with Gasteiger partial charge in [-0.2, -0.15) is 0 Å². The van der Waals surface area contributed by atoms with E-state index in [0.717, 1.165) is 16.4 Å². The number of fused-ring (bicyclic) bond motifs is 1. The zero-order chi connectivity index (χ0) is 17.9. The monoisotopic (exact) mass is 369 g/mol. The number of carbonyl (C=O) groups excluding carboxylic acids is 1. The zero-order valence-electron chi connectivity index (χ0n) is 13.8. The molecule has 0 saturated carbocycles. The number of nitrogens with one attached hydrogen (secondary N) is 1. The average molecular weight is 369 g/mol. The van der Waals surface area contributed by atoms with Gasteiger partial charge < -0.3 is 9.73 Å². The summed E-state index contributed by atoms with van der Waals surface area (Å²) in [4.78, 5) is 17.3. The molecule has 4 rings (SSSR count). The van der Waals surface area contributed by atoms with Crippen molar-refractivity contribution in [3.05, 3.63) is 71.5 Å². The Hall–Kier alpha value is -2.93. The van der Waals surface area contributed by atoms with Crippen molar-refractivity contribution in [2.75, 3.05) is 0 Å². The molecule has 1 N–H and O–H groups in total. The topological polar surface area (TPSA) is 59.5 Å². The van der Waals surface area contributed by atoms with Crippen LogP contribution >= 0.6 is 11.3 Å². The number of imidazole rings is 1. The third-order valence-corrected chi connectivity index (χ3v) is 4.97. The molecule has 0 bridgehead atoms. The predicted octanol–water partition coefficient (Wildman–Crippen LogP) is 4.04. The molecule has 0 unspecified atom stereocenters. The van der Waals surface area contributed by atoms with Gasteiger partial charge >= 0.3 is 0 Å². The summed E-state index contributed by atoms with van der Waals surface area (Å²) >= 11 is 1.48. The number of benzene rings is 1. The minimum atomic E-state index is -0.294. The van der Waals surface area contributed by atoms with Crippen molar-refractivity contribution in [3.63, 3.8) is 0 Å². The van der Waals surface area contributed by atoms with Gasteiger partial charge in [0, 0.05) is 29.3 Å². The molecule has 0 atom stereocenters. The van der Waals surface area contributed by atoms with E-state index in [1.54, 1.807) is 30.5 Å². The number of halogens is 1. The predicted molar refractivity (Wildman–Crippen MR) is 97.3 cm³/mol. The lowest BCUT2D eigenvalue weighted by Crippen LogP contribution is -2.22. The Kier molecular flexibility index (Phi) is 4.53. The molecule has 1 aromatic carbocycles. The number of nitrogens with zero attached hydrogens (tertiary/aromatic N) is 2. The summed E-state index contributed by atoms with van der Waals surface area (Å²) in [6.07, 6.45) is 4.34. The van der Waals surface area contributed by atoms with Gasteiger partial charge in [-0.1, -0.05) is 12.1 Å². The molecule has 0 aliphatic rings. The Labute approximate surface area is 153 Å². The summed E-state index contributed by atoms with van der Waals surface area (Å²) in [5.74, 6) is 0.382. The maximum absolute atomic E-state index is 14.0. The largest absolute Gasteiger partial charge is 0.467 e. The highest BCUT2D eigenvalue weighted by Gasteiger charge is 2.13. The Balaban J connectivity index is 1.44. The first-order chi connectivity index (χ1) is 12.7. The van der Waals surface area contributed by atoms with Gasteiger partial charge in [0.2, 0.25) is 5.91 Å². The fourth-order valence-electron chi connectivity index (χ4n) is 2.74. The molecule has 4 aromatic rings. The molecule has 1 amide bonds. The van der Waals surface area contributed by atoms with Crippen molar-refractivity contribution in [2.45, 2.75) is 19.4 Å². The lowest BCUT2D eigenvalue weighted by molar-refractivity contribution is -0.121. The van der Waals surface area contributed by atoms with Gasteiger partial charge in [0.05, 0.1) is 18.5 Å². The van der Waals surface area contributed by atoms with E-state index < -0.39 is 0 Å². The minimum absolute atomic E-state index is 0.0461. The van der Waals surface area contributed by atoms with Gasteiger partial charge in [-0.05, 0) is 30.7 Å². The first-order valence-electron chi connectivity index (χ1n) is 8.20. The molecule has 0 aliphatic heterocycles. The smallest absolute Gasteiger partial charge is 0.220 e. The van der Waals surface area contributed by atoms with Crippen LogP contribution in [0.4, 0.5) is 4.39 Å². The van der Waals surface area contributed by atoms with Crippen molar-refractivity contribution in [2.24, 2.45) is 0 Å². The number of aryl methyl sites for hydroxylation is 1. The second kappa shape index (κ2) is 7.13. The summed E-state index contributed by atoms with van der Waals surface area (Å²) < 4.78 is 21.1. The van der Waals surface area contributed by atoms with Crippen LogP contribution in [0.5, 0.6) is 0 Å². The maximum atomic E-state index is 14.0. The lowest BCUT2D eigenvalue weighted by atomic mass is 10.1. The SMILES string of the molecule is O=C(CCc1csc2nc(-c3ccccc3F)cn12)NCc1ccco1. The van der Waals surface area contributed by atoms with Crippen LogP contribution < -0.4 is 5.32 Å². The van der Waals surface area contributed by atoms with E-state index in [1.165, 1.54) is 17.4 Å². The summed E-state index contributed by atoms with van der Waals surface area (Å²) in [5, 5.41) is 4.81. The maximum Gasteiger partial charge on any atom is 0.220 e. The zero-order valence-corrected chi connectivity index (χ0v) is 14.6. The van der Waals surface area contributed by atoms with Crippen LogP contribution in [0.25, 0.3) is 16.2 Å². The molecule has 0 spiro atoms. The van der Waals surface area contributed by atoms with Crippen molar-refractivity contribution in [3.8, 4) is 11.3 Å². The number of hydrogen-bond donors (Lipinski definition) is 1. The van der Waals surface area contributed by atoms with E-state index in [9.17, 15) is 9.18 Å². The van der Waals surface area contributed by atoms with Crippen molar-refractivity contribution >= 4 is 22.2 Å². The van der Waals surface area contributed by atoms with Gasteiger partial charge in [0.25, 0.3) is 0 Å². The normalized spacial score (nSPS) is 11.1. The third-order valence-electron chi connectivity index (χ3n) is 4.08. The highest BCUT2D eigenvalue weighted by molar-refractivity contribution is 7.15. The number of rotatable bonds is 6. The molecule has 7 heteroatoms. The number of furan rings is 1. The molecule has 26 heavy (non-hydrogen) atoms. The van der Waals surface area contributed by atoms with Gasteiger partial charge in [-0.15, -0.1) is 11.3 Å². The van der Waals surface area contributed by atoms with Crippen molar-refractivity contribution in [1.29, 1.82) is 0 Å². The first-order valence-corrected chi connectivity index (χ1v) is 9.08. The molecular weight excluding hydrogens is 353 g/mol. The number of hydrogen-bond acceptors (Lipinski definition) is 4. The summed E-state index contributed by atoms with van der Waals surface area (Å²) in [6.45, 7) is 0.382. The number of thiazole rings is 1. The molecule has 5 nitrogen and oxygen atoms in total. The van der Waals surface area contributed by atoms with Gasteiger partial charge in [-0.3, -0.25) is 9.20 Å². The van der Waals surface area contributed by atoms with E-state index in [0.29, 0.717) is 30.6 Å². The quantitative estimate of drug-likeness (QED) is 0.558. The van der Waals surface area contributed by atoms with Gasteiger partial charge in [-0.25, -0.2) is 9.37 Å². The van der Waals surface area contributed by atoms with Crippen LogP contribution in [0, 0.1) is 5.82 Å². The molecule has 0 aliphatic carbocycles. The van der Waals surface area contributed by atoms with Crippen LogP contribution in [0.15, 0.2) is 58.7 Å². The van der Waals surface area contributed by atoms with Crippen LogP contribution in [0.2, 0.25) is 0 Å². The molecule has 0 fully saturated rings. The van der Waals surface area contributed by atoms with Crippen molar-refractivity contribution < 1.29 is 13.6 Å². The second-order valence-electron chi connectivity index (χ2n) is 5.84. The first kappa shape index (κ1) is 16.5. The van der Waals surface area contributed by atoms with E-state index in [2.05, 4.69) is 10.3 Å². The minimum Gasteiger partial charge on any atom is -0.467 e. The standard InChI is InChI=1S/C19H16FN3O2S/c20-16-6-2-1-5-15(16)17-11-23-13(12-26-19(23)22-17)7-8-18(24)21-10-14-4-3-9-25-14/h1-6,9,11-12H,7-8,10H2,(H,21,24). The Bertz CT molecular complexity index is 1040. The Morgan fingerprint density at radius 1 is 1.27 bits per heavy atom. The van der Waals surface area contributed by atoms with Crippen LogP contribution in [-0.4, -0.2) is 15.3 Å². The second-order valence-corrected chi connectivity index (χ2v) is 6.68. The Morgan fingerprint density at radius 3 is 2.96 bits per heavy atom. The average Bonchev–Trinajstić information content (AvgIpc) is 3.36. The summed E-state index contributed by atoms with van der Waals surface area (Å²) in [5.41, 5.74) is 2.05. The van der Waals surface area contributed by atoms with E-state index in [1.807, 2.05) is 22.0 Å². The molecule has 132 valence electrons. The van der Waals surface area contributed by atoms with Crippen LogP contribution in [0.1, 0.15) is 17.9 Å². The fourth-order valence-corrected chi connectivity index (χ4v) is 3.64. The van der Waals surface area contributed by atoms with Gasteiger partial charge in [0.1, 0.15) is 11.6 Å².